The van der Waals surface area contributed by atoms with Crippen LogP contribution in [0.4, 0.5) is 0 Å². The van der Waals surface area contributed by atoms with Crippen LogP contribution in [0, 0.1) is 6.92 Å². The SMILES string of the molecule is Cc1ccc(C(=O)N2CCO[C@H]3[C@@H](OCc4cccnc4)CC[C@@H]32)o1. The van der Waals surface area contributed by atoms with E-state index in [0.29, 0.717) is 25.5 Å². The number of aryl methyl sites for hydroxylation is 1. The van der Waals surface area contributed by atoms with Crippen LogP contribution in [0.1, 0.15) is 34.7 Å². The highest BCUT2D eigenvalue weighted by molar-refractivity contribution is 5.92. The molecule has 2 aromatic rings. The van der Waals surface area contributed by atoms with E-state index < -0.39 is 0 Å². The lowest BCUT2D eigenvalue weighted by atomic mass is 10.1. The van der Waals surface area contributed by atoms with E-state index in [9.17, 15) is 4.79 Å². The molecule has 6 nitrogen and oxygen atoms in total. The first-order valence-corrected chi connectivity index (χ1v) is 8.72. The Kier molecular flexibility index (Phi) is 4.55. The van der Waals surface area contributed by atoms with E-state index in [-0.39, 0.29) is 24.2 Å². The fourth-order valence-corrected chi connectivity index (χ4v) is 3.72. The van der Waals surface area contributed by atoms with Gasteiger partial charge in [-0.25, -0.2) is 0 Å². The molecule has 1 aliphatic carbocycles. The molecule has 2 fully saturated rings. The van der Waals surface area contributed by atoms with Crippen molar-refractivity contribution in [3.05, 3.63) is 53.7 Å². The molecule has 1 saturated carbocycles. The smallest absolute Gasteiger partial charge is 0.289 e. The number of hydrogen-bond donors (Lipinski definition) is 0. The van der Waals surface area contributed by atoms with E-state index >= 15 is 0 Å². The van der Waals surface area contributed by atoms with E-state index in [1.165, 1.54) is 0 Å². The highest BCUT2D eigenvalue weighted by Crippen LogP contribution is 2.33. The Balaban J connectivity index is 1.42. The first-order chi connectivity index (χ1) is 12.2. The van der Waals surface area contributed by atoms with Crippen LogP contribution in [0.15, 0.2) is 41.1 Å². The number of pyridine rings is 1. The molecule has 1 amide bonds. The number of carbonyl (C=O) groups excluding carboxylic acids is 1. The molecule has 0 spiro atoms. The van der Waals surface area contributed by atoms with Crippen LogP contribution in [0.5, 0.6) is 0 Å². The van der Waals surface area contributed by atoms with E-state index in [4.69, 9.17) is 13.9 Å². The summed E-state index contributed by atoms with van der Waals surface area (Å²) in [7, 11) is 0. The lowest BCUT2D eigenvalue weighted by molar-refractivity contribution is -0.108. The minimum atomic E-state index is -0.0783. The maximum absolute atomic E-state index is 12.8. The molecule has 1 saturated heterocycles. The van der Waals surface area contributed by atoms with Gasteiger partial charge in [0.1, 0.15) is 11.9 Å². The summed E-state index contributed by atoms with van der Waals surface area (Å²) in [5.74, 6) is 1.09. The van der Waals surface area contributed by atoms with Gasteiger partial charge in [-0.05, 0) is 43.5 Å². The van der Waals surface area contributed by atoms with Gasteiger partial charge >= 0.3 is 0 Å². The van der Waals surface area contributed by atoms with Crippen LogP contribution >= 0.6 is 0 Å². The second kappa shape index (κ2) is 6.98. The van der Waals surface area contributed by atoms with Gasteiger partial charge in [0.25, 0.3) is 5.91 Å². The molecule has 1 aliphatic heterocycles. The van der Waals surface area contributed by atoms with Gasteiger partial charge in [0.15, 0.2) is 5.76 Å². The number of hydrogen-bond acceptors (Lipinski definition) is 5. The summed E-state index contributed by atoms with van der Waals surface area (Å²) in [5.41, 5.74) is 1.04. The molecule has 3 heterocycles. The van der Waals surface area contributed by atoms with Crippen LogP contribution in [0.25, 0.3) is 0 Å². The van der Waals surface area contributed by atoms with Gasteiger partial charge in [-0.1, -0.05) is 6.07 Å². The number of carbonyl (C=O) groups is 1. The number of nitrogens with zero attached hydrogens (tertiary/aromatic N) is 2. The van der Waals surface area contributed by atoms with Crippen LogP contribution < -0.4 is 0 Å². The van der Waals surface area contributed by atoms with Gasteiger partial charge in [-0.2, -0.15) is 0 Å². The van der Waals surface area contributed by atoms with Crippen molar-refractivity contribution in [2.75, 3.05) is 13.2 Å². The molecule has 0 unspecified atom stereocenters. The number of amides is 1. The van der Waals surface area contributed by atoms with Crippen molar-refractivity contribution in [1.29, 1.82) is 0 Å². The number of rotatable bonds is 4. The molecule has 0 N–H and O–H groups in total. The molecule has 25 heavy (non-hydrogen) atoms. The number of furan rings is 1. The summed E-state index contributed by atoms with van der Waals surface area (Å²) in [5, 5.41) is 0. The average molecular weight is 342 g/mol. The first-order valence-electron chi connectivity index (χ1n) is 8.72. The van der Waals surface area contributed by atoms with Crippen LogP contribution in [0.3, 0.4) is 0 Å². The van der Waals surface area contributed by atoms with Crippen LogP contribution in [-0.2, 0) is 16.1 Å². The number of aromatic nitrogens is 1. The Morgan fingerprint density at radius 2 is 2.28 bits per heavy atom. The topological polar surface area (TPSA) is 64.8 Å². The predicted molar refractivity (Wildman–Crippen MR) is 90.1 cm³/mol. The quantitative estimate of drug-likeness (QED) is 0.854. The van der Waals surface area contributed by atoms with Gasteiger partial charge in [0.2, 0.25) is 0 Å². The highest BCUT2D eigenvalue weighted by atomic mass is 16.5. The fourth-order valence-electron chi connectivity index (χ4n) is 3.72. The second-order valence-electron chi connectivity index (χ2n) is 6.60. The predicted octanol–water partition coefficient (Wildman–Crippen LogP) is 2.57. The summed E-state index contributed by atoms with van der Waals surface area (Å²) in [6.45, 7) is 3.47. The average Bonchev–Trinajstić information content (AvgIpc) is 3.26. The van der Waals surface area contributed by atoms with Gasteiger partial charge in [0.05, 0.1) is 25.4 Å². The van der Waals surface area contributed by atoms with E-state index in [2.05, 4.69) is 4.98 Å². The second-order valence-corrected chi connectivity index (χ2v) is 6.60. The molecule has 2 aromatic heterocycles. The van der Waals surface area contributed by atoms with Gasteiger partial charge in [-0.3, -0.25) is 9.78 Å². The van der Waals surface area contributed by atoms with Crippen LogP contribution in [0.2, 0.25) is 0 Å². The number of ether oxygens (including phenoxy) is 2. The molecular weight excluding hydrogens is 320 g/mol. The van der Waals surface area contributed by atoms with E-state index in [1.807, 2.05) is 36.2 Å². The molecule has 132 valence electrons. The van der Waals surface area contributed by atoms with Crippen molar-refractivity contribution in [3.8, 4) is 0 Å². The van der Waals surface area contributed by atoms with Gasteiger partial charge in [-0.15, -0.1) is 0 Å². The molecule has 0 bridgehead atoms. The first kappa shape index (κ1) is 16.3. The zero-order valence-electron chi connectivity index (χ0n) is 14.3. The zero-order valence-corrected chi connectivity index (χ0v) is 14.3. The summed E-state index contributed by atoms with van der Waals surface area (Å²) in [4.78, 5) is 18.8. The lowest BCUT2D eigenvalue weighted by Crippen LogP contribution is -2.53. The van der Waals surface area contributed by atoms with Crippen molar-refractivity contribution in [2.24, 2.45) is 0 Å². The number of morpholine rings is 1. The molecular formula is C19H22N2O4. The molecule has 0 aromatic carbocycles. The van der Waals surface area contributed by atoms with Crippen molar-refractivity contribution in [1.82, 2.24) is 9.88 Å². The summed E-state index contributed by atoms with van der Waals surface area (Å²) in [6, 6.07) is 7.51. The highest BCUT2D eigenvalue weighted by Gasteiger charge is 2.45. The lowest BCUT2D eigenvalue weighted by Gasteiger charge is -2.38. The van der Waals surface area contributed by atoms with E-state index in [0.717, 1.165) is 24.2 Å². The minimum Gasteiger partial charge on any atom is -0.456 e. The Labute approximate surface area is 146 Å². The normalized spacial score (nSPS) is 25.8. The number of fused-ring (bicyclic) bond motifs is 1. The third-order valence-electron chi connectivity index (χ3n) is 4.93. The Morgan fingerprint density at radius 1 is 1.36 bits per heavy atom. The maximum atomic E-state index is 12.8. The Bertz CT molecular complexity index is 730. The molecule has 6 heteroatoms. The van der Waals surface area contributed by atoms with Gasteiger partial charge < -0.3 is 18.8 Å². The zero-order chi connectivity index (χ0) is 17.2. The van der Waals surface area contributed by atoms with Crippen LogP contribution in [-0.4, -0.2) is 47.2 Å². The third kappa shape index (κ3) is 3.32. The van der Waals surface area contributed by atoms with E-state index in [1.54, 1.807) is 12.3 Å². The van der Waals surface area contributed by atoms with Crippen molar-refractivity contribution in [2.45, 2.75) is 44.6 Å². The minimum absolute atomic E-state index is 0.000793. The summed E-state index contributed by atoms with van der Waals surface area (Å²) in [6.07, 6.45) is 5.25. The Hall–Kier alpha value is -2.18. The molecule has 3 atom stereocenters. The molecule has 0 radical (unpaired) electrons. The summed E-state index contributed by atoms with van der Waals surface area (Å²) >= 11 is 0. The summed E-state index contributed by atoms with van der Waals surface area (Å²) < 4.78 is 17.5. The third-order valence-corrected chi connectivity index (χ3v) is 4.93. The van der Waals surface area contributed by atoms with Gasteiger partial charge in [0, 0.05) is 18.9 Å². The largest absolute Gasteiger partial charge is 0.456 e. The monoisotopic (exact) mass is 342 g/mol. The Morgan fingerprint density at radius 3 is 3.04 bits per heavy atom. The maximum Gasteiger partial charge on any atom is 0.289 e. The fraction of sp³-hybridized carbons (Fsp3) is 0.474. The van der Waals surface area contributed by atoms with Crippen molar-refractivity contribution < 1.29 is 18.7 Å². The van der Waals surface area contributed by atoms with Crippen molar-refractivity contribution in [3.63, 3.8) is 0 Å². The molecule has 4 rings (SSSR count). The molecule has 2 aliphatic rings. The van der Waals surface area contributed by atoms with Crippen molar-refractivity contribution >= 4 is 5.91 Å². The standard InChI is InChI=1S/C19H22N2O4/c1-13-4-6-17(25-13)19(22)21-9-10-23-18-15(21)5-7-16(18)24-12-14-3-2-8-20-11-14/h2-4,6,8,11,15-16,18H,5,7,9-10,12H2,1H3/t15-,16-,18+/m0/s1.